The average molecular weight is 335 g/mol. The summed E-state index contributed by atoms with van der Waals surface area (Å²) in [5.74, 6) is 0.326. The van der Waals surface area contributed by atoms with E-state index in [1.807, 2.05) is 29.6 Å². The quantitative estimate of drug-likeness (QED) is 0.746. The second kappa shape index (κ2) is 6.77. The summed E-state index contributed by atoms with van der Waals surface area (Å²) in [5.41, 5.74) is 2.45. The second-order valence-electron chi connectivity index (χ2n) is 4.72. The molecule has 0 aliphatic rings. The molecule has 0 fully saturated rings. The third-order valence-electron chi connectivity index (χ3n) is 2.83. The molecule has 0 unspecified atom stereocenters. The zero-order chi connectivity index (χ0) is 15.5. The third-order valence-corrected chi connectivity index (χ3v) is 4.02. The molecule has 7 heteroatoms. The van der Waals surface area contributed by atoms with Crippen molar-refractivity contribution in [3.63, 3.8) is 0 Å². The van der Waals surface area contributed by atoms with Gasteiger partial charge in [-0.25, -0.2) is 4.98 Å². The fourth-order valence-electron chi connectivity index (χ4n) is 2.01. The van der Waals surface area contributed by atoms with E-state index in [0.717, 1.165) is 21.8 Å². The maximum Gasteiger partial charge on any atom is 0.401 e. The van der Waals surface area contributed by atoms with Crippen LogP contribution in [0.25, 0.3) is 10.6 Å². The van der Waals surface area contributed by atoms with Crippen LogP contribution < -0.4 is 0 Å². The van der Waals surface area contributed by atoms with Crippen LogP contribution in [0.5, 0.6) is 0 Å². The lowest BCUT2D eigenvalue weighted by Gasteiger charge is -2.19. The lowest BCUT2D eigenvalue weighted by atomic mass is 10.1. The predicted octanol–water partition coefficient (Wildman–Crippen LogP) is 4.54. The maximum absolute atomic E-state index is 12.4. The molecule has 1 aromatic heterocycles. The van der Waals surface area contributed by atoms with Gasteiger partial charge in [0.05, 0.1) is 18.1 Å². The van der Waals surface area contributed by atoms with Crippen LogP contribution in [-0.4, -0.2) is 29.7 Å². The fourth-order valence-corrected chi connectivity index (χ4v) is 3.12. The Balaban J connectivity index is 2.21. The molecule has 21 heavy (non-hydrogen) atoms. The summed E-state index contributed by atoms with van der Waals surface area (Å²) in [7, 11) is 1.45. The van der Waals surface area contributed by atoms with Crippen LogP contribution in [0.4, 0.5) is 13.2 Å². The van der Waals surface area contributed by atoms with E-state index in [2.05, 4.69) is 4.98 Å². The van der Waals surface area contributed by atoms with Gasteiger partial charge in [0, 0.05) is 17.5 Å². The molecule has 0 saturated heterocycles. The Morgan fingerprint density at radius 3 is 2.62 bits per heavy atom. The molecule has 0 aliphatic carbocycles. The van der Waals surface area contributed by atoms with Gasteiger partial charge in [0.1, 0.15) is 5.01 Å². The highest BCUT2D eigenvalue weighted by Gasteiger charge is 2.29. The minimum Gasteiger partial charge on any atom is -0.294 e. The van der Waals surface area contributed by atoms with E-state index >= 15 is 0 Å². The maximum atomic E-state index is 12.4. The zero-order valence-electron chi connectivity index (χ0n) is 11.3. The molecule has 1 aromatic carbocycles. The van der Waals surface area contributed by atoms with Crippen molar-refractivity contribution in [3.8, 4) is 10.6 Å². The van der Waals surface area contributed by atoms with Crippen LogP contribution in [0, 0.1) is 0 Å². The number of rotatable bonds is 5. The highest BCUT2D eigenvalue weighted by molar-refractivity contribution is 7.13. The molecule has 1 heterocycles. The van der Waals surface area contributed by atoms with Crippen LogP contribution in [-0.2, 0) is 12.4 Å². The van der Waals surface area contributed by atoms with Crippen molar-refractivity contribution < 1.29 is 13.2 Å². The molecule has 0 spiro atoms. The summed E-state index contributed by atoms with van der Waals surface area (Å²) >= 11 is 7.18. The van der Waals surface area contributed by atoms with Crippen LogP contribution >= 0.6 is 22.9 Å². The minimum atomic E-state index is -4.20. The lowest BCUT2D eigenvalue weighted by molar-refractivity contribution is -0.144. The number of aromatic nitrogens is 1. The predicted molar refractivity (Wildman–Crippen MR) is 79.5 cm³/mol. The molecule has 0 N–H and O–H groups in total. The van der Waals surface area contributed by atoms with Gasteiger partial charge in [0.25, 0.3) is 0 Å². The van der Waals surface area contributed by atoms with Gasteiger partial charge in [-0.3, -0.25) is 4.90 Å². The van der Waals surface area contributed by atoms with E-state index in [4.69, 9.17) is 11.6 Å². The fraction of sp³-hybridized carbons (Fsp3) is 0.357. The number of nitrogens with zero attached hydrogens (tertiary/aromatic N) is 2. The number of hydrogen-bond acceptors (Lipinski definition) is 3. The van der Waals surface area contributed by atoms with E-state index < -0.39 is 12.7 Å². The van der Waals surface area contributed by atoms with Crippen molar-refractivity contribution in [2.75, 3.05) is 13.6 Å². The summed E-state index contributed by atoms with van der Waals surface area (Å²) in [4.78, 5) is 5.63. The van der Waals surface area contributed by atoms with Gasteiger partial charge in [-0.15, -0.1) is 22.9 Å². The molecule has 2 rings (SSSR count). The first-order chi connectivity index (χ1) is 9.89. The van der Waals surface area contributed by atoms with Crippen molar-refractivity contribution in [1.29, 1.82) is 0 Å². The van der Waals surface area contributed by atoms with E-state index in [0.29, 0.717) is 5.88 Å². The monoisotopic (exact) mass is 334 g/mol. The first-order valence-electron chi connectivity index (χ1n) is 6.23. The Morgan fingerprint density at radius 2 is 2.00 bits per heavy atom. The van der Waals surface area contributed by atoms with Gasteiger partial charge in [-0.2, -0.15) is 13.2 Å². The van der Waals surface area contributed by atoms with Crippen LogP contribution in [0.3, 0.4) is 0 Å². The number of halogens is 4. The summed E-state index contributed by atoms with van der Waals surface area (Å²) in [6, 6.07) is 7.36. The number of alkyl halides is 4. The van der Waals surface area contributed by atoms with Crippen molar-refractivity contribution in [2.45, 2.75) is 18.6 Å². The first-order valence-corrected chi connectivity index (χ1v) is 7.64. The molecule has 0 radical (unpaired) electrons. The molecule has 114 valence electrons. The topological polar surface area (TPSA) is 16.1 Å². The van der Waals surface area contributed by atoms with Crippen molar-refractivity contribution in [1.82, 2.24) is 9.88 Å². The molecule has 2 aromatic rings. The molecule has 0 saturated carbocycles. The summed E-state index contributed by atoms with van der Waals surface area (Å²) in [6.07, 6.45) is -4.20. The van der Waals surface area contributed by atoms with Crippen LogP contribution in [0.15, 0.2) is 29.6 Å². The van der Waals surface area contributed by atoms with Gasteiger partial charge in [0.2, 0.25) is 0 Å². The average Bonchev–Trinajstić information content (AvgIpc) is 2.85. The molecular formula is C14H14ClF3N2S. The van der Waals surface area contributed by atoms with E-state index in [-0.39, 0.29) is 6.54 Å². The van der Waals surface area contributed by atoms with Crippen molar-refractivity contribution in [2.24, 2.45) is 0 Å². The SMILES string of the molecule is CN(Cc1ccccc1-c1nc(CCl)cs1)CC(F)(F)F. The Hall–Kier alpha value is -1.11. The van der Waals surface area contributed by atoms with E-state index in [1.165, 1.54) is 23.3 Å². The summed E-state index contributed by atoms with van der Waals surface area (Å²) < 4.78 is 37.2. The van der Waals surface area contributed by atoms with E-state index in [9.17, 15) is 13.2 Å². The standard InChI is InChI=1S/C14H14ClF3N2S/c1-20(9-14(16,17)18)7-10-4-2-3-5-12(10)13-19-11(6-15)8-21-13/h2-5,8H,6-7,9H2,1H3. The second-order valence-corrected chi connectivity index (χ2v) is 5.85. The van der Waals surface area contributed by atoms with Crippen LogP contribution in [0.1, 0.15) is 11.3 Å². The third kappa shape index (κ3) is 4.69. The molecule has 2 nitrogen and oxygen atoms in total. The number of benzene rings is 1. The highest BCUT2D eigenvalue weighted by atomic mass is 35.5. The number of hydrogen-bond donors (Lipinski definition) is 0. The van der Waals surface area contributed by atoms with Gasteiger partial charge in [0.15, 0.2) is 0 Å². The zero-order valence-corrected chi connectivity index (χ0v) is 12.9. The van der Waals surface area contributed by atoms with Gasteiger partial charge in [-0.1, -0.05) is 24.3 Å². The molecular weight excluding hydrogens is 321 g/mol. The van der Waals surface area contributed by atoms with Gasteiger partial charge in [-0.05, 0) is 12.6 Å². The molecule has 0 atom stereocenters. The van der Waals surface area contributed by atoms with Gasteiger partial charge < -0.3 is 0 Å². The Morgan fingerprint density at radius 1 is 1.29 bits per heavy atom. The normalized spacial score (nSPS) is 12.1. The Labute approximate surface area is 130 Å². The number of thiazole rings is 1. The van der Waals surface area contributed by atoms with Crippen LogP contribution in [0.2, 0.25) is 0 Å². The Bertz CT molecular complexity index is 598. The first kappa shape index (κ1) is 16.3. The molecule has 0 bridgehead atoms. The van der Waals surface area contributed by atoms with Crippen molar-refractivity contribution in [3.05, 3.63) is 40.9 Å². The molecule has 0 amide bonds. The largest absolute Gasteiger partial charge is 0.401 e. The lowest BCUT2D eigenvalue weighted by Crippen LogP contribution is -2.30. The summed E-state index contributed by atoms with van der Waals surface area (Å²) in [6.45, 7) is -0.725. The van der Waals surface area contributed by atoms with Gasteiger partial charge >= 0.3 is 6.18 Å². The Kier molecular flexibility index (Phi) is 5.24. The smallest absolute Gasteiger partial charge is 0.294 e. The summed E-state index contributed by atoms with van der Waals surface area (Å²) in [5, 5.41) is 2.64. The highest BCUT2D eigenvalue weighted by Crippen LogP contribution is 2.28. The van der Waals surface area contributed by atoms with E-state index in [1.54, 1.807) is 0 Å². The minimum absolute atomic E-state index is 0.214. The molecule has 0 aliphatic heterocycles. The van der Waals surface area contributed by atoms with Crippen molar-refractivity contribution >= 4 is 22.9 Å².